The molecule has 148 valence electrons. The highest BCUT2D eigenvalue weighted by Gasteiger charge is 2.57. The molecule has 4 aliphatic carbocycles. The number of amides is 1. The quantitative estimate of drug-likeness (QED) is 0.793. The van der Waals surface area contributed by atoms with Crippen LogP contribution in [-0.2, 0) is 16.1 Å². The molecular formula is C22H30FNO3. The minimum atomic E-state index is -0.562. The van der Waals surface area contributed by atoms with Gasteiger partial charge in [0.1, 0.15) is 5.82 Å². The van der Waals surface area contributed by atoms with Crippen molar-refractivity contribution in [2.75, 3.05) is 20.3 Å². The van der Waals surface area contributed by atoms with Crippen molar-refractivity contribution in [2.24, 2.45) is 17.3 Å². The lowest BCUT2D eigenvalue weighted by Crippen LogP contribution is -2.56. The summed E-state index contributed by atoms with van der Waals surface area (Å²) in [6, 6.07) is 6.63. The minimum absolute atomic E-state index is 0.0563. The van der Waals surface area contributed by atoms with Crippen molar-refractivity contribution < 1.29 is 19.0 Å². The molecule has 1 N–H and O–H groups in total. The summed E-state index contributed by atoms with van der Waals surface area (Å²) in [4.78, 5) is 14.9. The SMILES string of the molecule is COCCN(Cc1ccccc1F)C(=O)CC12C[C@H]3C[C@@H](CC(O)(C3)C1)C2. The van der Waals surface area contributed by atoms with Gasteiger partial charge in [0.2, 0.25) is 5.91 Å². The van der Waals surface area contributed by atoms with Crippen LogP contribution < -0.4 is 0 Å². The lowest BCUT2D eigenvalue weighted by molar-refractivity contribution is -0.172. The smallest absolute Gasteiger partial charge is 0.223 e. The summed E-state index contributed by atoms with van der Waals surface area (Å²) in [5, 5.41) is 10.9. The number of benzene rings is 1. The molecule has 5 rings (SSSR count). The van der Waals surface area contributed by atoms with E-state index in [9.17, 15) is 14.3 Å². The molecule has 0 heterocycles. The number of aliphatic hydroxyl groups is 1. The first-order chi connectivity index (χ1) is 12.9. The number of nitrogens with zero attached hydrogens (tertiary/aromatic N) is 1. The van der Waals surface area contributed by atoms with Crippen molar-refractivity contribution >= 4 is 5.91 Å². The highest BCUT2D eigenvalue weighted by molar-refractivity contribution is 5.77. The van der Waals surface area contributed by atoms with Gasteiger partial charge in [-0.3, -0.25) is 4.79 Å². The normalized spacial score (nSPS) is 34.0. The van der Waals surface area contributed by atoms with Gasteiger partial charge in [0.05, 0.1) is 12.2 Å². The van der Waals surface area contributed by atoms with Crippen LogP contribution in [0.1, 0.15) is 50.5 Å². The Bertz CT molecular complexity index is 693. The molecule has 27 heavy (non-hydrogen) atoms. The summed E-state index contributed by atoms with van der Waals surface area (Å²) in [5.41, 5.74) is -0.102. The number of carbonyl (C=O) groups excluding carboxylic acids is 1. The van der Waals surface area contributed by atoms with Gasteiger partial charge in [-0.15, -0.1) is 0 Å². The maximum atomic E-state index is 14.1. The Morgan fingerprint density at radius 1 is 1.26 bits per heavy atom. The number of hydrogen-bond acceptors (Lipinski definition) is 3. The zero-order chi connectivity index (χ0) is 19.1. The van der Waals surface area contributed by atoms with Crippen molar-refractivity contribution in [1.82, 2.24) is 4.90 Å². The van der Waals surface area contributed by atoms with Crippen LogP contribution >= 0.6 is 0 Å². The third-order valence-electron chi connectivity index (χ3n) is 6.91. The Hall–Kier alpha value is -1.46. The van der Waals surface area contributed by atoms with E-state index in [1.165, 1.54) is 12.5 Å². The van der Waals surface area contributed by atoms with Gasteiger partial charge in [0.25, 0.3) is 0 Å². The summed E-state index contributed by atoms with van der Waals surface area (Å²) in [5.74, 6) is 0.892. The Morgan fingerprint density at radius 3 is 2.59 bits per heavy atom. The van der Waals surface area contributed by atoms with E-state index in [1.807, 2.05) is 0 Å². The summed E-state index contributed by atoms with van der Waals surface area (Å²) < 4.78 is 19.3. The summed E-state index contributed by atoms with van der Waals surface area (Å²) in [6.45, 7) is 1.15. The van der Waals surface area contributed by atoms with Crippen molar-refractivity contribution in [3.63, 3.8) is 0 Å². The Balaban J connectivity index is 1.49. The van der Waals surface area contributed by atoms with Crippen LogP contribution in [0.3, 0.4) is 0 Å². The van der Waals surface area contributed by atoms with Gasteiger partial charge in [-0.2, -0.15) is 0 Å². The minimum Gasteiger partial charge on any atom is -0.390 e. The van der Waals surface area contributed by atoms with Crippen LogP contribution in [-0.4, -0.2) is 41.8 Å². The molecule has 5 heteroatoms. The zero-order valence-electron chi connectivity index (χ0n) is 16.1. The van der Waals surface area contributed by atoms with Gasteiger partial charge in [-0.05, 0) is 61.8 Å². The Labute approximate surface area is 160 Å². The van der Waals surface area contributed by atoms with Crippen LogP contribution in [0.15, 0.2) is 24.3 Å². The fourth-order valence-electron chi connectivity index (χ4n) is 6.37. The van der Waals surface area contributed by atoms with Gasteiger partial charge in [-0.25, -0.2) is 4.39 Å². The Morgan fingerprint density at radius 2 is 1.96 bits per heavy atom. The number of hydrogen-bond donors (Lipinski definition) is 1. The van der Waals surface area contributed by atoms with Crippen LogP contribution in [0, 0.1) is 23.1 Å². The van der Waals surface area contributed by atoms with E-state index >= 15 is 0 Å². The van der Waals surface area contributed by atoms with E-state index in [0.717, 1.165) is 32.1 Å². The third-order valence-corrected chi connectivity index (χ3v) is 6.91. The lowest BCUT2D eigenvalue weighted by Gasteiger charge is -2.60. The first-order valence-electron chi connectivity index (χ1n) is 10.1. The zero-order valence-corrected chi connectivity index (χ0v) is 16.1. The molecule has 1 aromatic carbocycles. The van der Waals surface area contributed by atoms with Gasteiger partial charge in [-0.1, -0.05) is 18.2 Å². The number of halogens is 1. The first-order valence-corrected chi connectivity index (χ1v) is 10.1. The molecule has 4 fully saturated rings. The molecule has 0 saturated heterocycles. The topological polar surface area (TPSA) is 49.8 Å². The van der Waals surface area contributed by atoms with Crippen LogP contribution in [0.5, 0.6) is 0 Å². The summed E-state index contributed by atoms with van der Waals surface area (Å²) in [6.07, 6.45) is 6.33. The maximum Gasteiger partial charge on any atom is 0.223 e. The molecule has 4 nitrogen and oxygen atoms in total. The van der Waals surface area contributed by atoms with E-state index in [2.05, 4.69) is 0 Å². The van der Waals surface area contributed by atoms with E-state index in [1.54, 1.807) is 30.2 Å². The molecule has 1 aromatic rings. The molecule has 0 spiro atoms. The highest BCUT2D eigenvalue weighted by Crippen LogP contribution is 2.62. The second kappa shape index (κ2) is 7.17. The van der Waals surface area contributed by atoms with E-state index in [0.29, 0.717) is 37.0 Å². The number of methoxy groups -OCH3 is 1. The molecule has 0 aliphatic heterocycles. The van der Waals surface area contributed by atoms with Crippen LogP contribution in [0.4, 0.5) is 4.39 Å². The average molecular weight is 375 g/mol. The predicted molar refractivity (Wildman–Crippen MR) is 100 cm³/mol. The fourth-order valence-corrected chi connectivity index (χ4v) is 6.37. The van der Waals surface area contributed by atoms with Crippen molar-refractivity contribution in [1.29, 1.82) is 0 Å². The fraction of sp³-hybridized carbons (Fsp3) is 0.682. The van der Waals surface area contributed by atoms with E-state index in [4.69, 9.17) is 4.74 Å². The number of ether oxygens (including phenoxy) is 1. The standard InChI is InChI=1S/C22H30FNO3/c1-27-7-6-24(14-18-4-2-3-5-19(18)23)20(25)13-21-9-16-8-17(10-21)12-22(26,11-16)15-21/h2-5,16-17,26H,6-15H2,1H3/t16-,17-,21?,22?/m1/s1. The molecule has 4 saturated carbocycles. The summed E-state index contributed by atoms with van der Waals surface area (Å²) >= 11 is 0. The molecule has 0 unspecified atom stereocenters. The van der Waals surface area contributed by atoms with Crippen LogP contribution in [0.25, 0.3) is 0 Å². The van der Waals surface area contributed by atoms with Gasteiger partial charge in [0, 0.05) is 32.2 Å². The molecular weight excluding hydrogens is 345 g/mol. The Kier molecular flexibility index (Phi) is 5.02. The molecule has 4 bridgehead atoms. The van der Waals surface area contributed by atoms with E-state index in [-0.39, 0.29) is 23.7 Å². The number of carbonyl (C=O) groups is 1. The van der Waals surface area contributed by atoms with Crippen molar-refractivity contribution in [3.05, 3.63) is 35.6 Å². The molecule has 0 radical (unpaired) electrons. The molecule has 1 amide bonds. The van der Waals surface area contributed by atoms with Gasteiger partial charge in [0.15, 0.2) is 0 Å². The second-order valence-corrected chi connectivity index (χ2v) is 9.26. The lowest BCUT2D eigenvalue weighted by atomic mass is 9.47. The van der Waals surface area contributed by atoms with Gasteiger partial charge < -0.3 is 14.7 Å². The van der Waals surface area contributed by atoms with Gasteiger partial charge >= 0.3 is 0 Å². The highest BCUT2D eigenvalue weighted by atomic mass is 19.1. The molecule has 4 aliphatic rings. The average Bonchev–Trinajstić information content (AvgIpc) is 2.57. The first kappa shape index (κ1) is 18.9. The second-order valence-electron chi connectivity index (χ2n) is 9.26. The van der Waals surface area contributed by atoms with Crippen molar-refractivity contribution in [3.8, 4) is 0 Å². The largest absolute Gasteiger partial charge is 0.390 e. The third kappa shape index (κ3) is 3.90. The molecule has 0 aromatic heterocycles. The van der Waals surface area contributed by atoms with E-state index < -0.39 is 5.60 Å². The monoisotopic (exact) mass is 375 g/mol. The predicted octanol–water partition coefficient (Wildman–Crippen LogP) is 3.52. The number of rotatable bonds is 7. The maximum absolute atomic E-state index is 14.1. The van der Waals surface area contributed by atoms with Crippen LogP contribution in [0.2, 0.25) is 0 Å². The van der Waals surface area contributed by atoms with Crippen molar-refractivity contribution in [2.45, 2.75) is 57.1 Å². The molecule has 2 atom stereocenters. The summed E-state index contributed by atoms with van der Waals surface area (Å²) in [7, 11) is 1.61.